The molecule has 0 bridgehead atoms. The minimum atomic E-state index is -0.408. The van der Waals surface area contributed by atoms with Crippen LogP contribution in [0.15, 0.2) is 54.6 Å². The summed E-state index contributed by atoms with van der Waals surface area (Å²) in [5, 5.41) is 3.92. The first-order valence-electron chi connectivity index (χ1n) is 7.23. The number of carbonyl (C=O) groups excluding carboxylic acids is 1. The first kappa shape index (κ1) is 14.2. The van der Waals surface area contributed by atoms with Gasteiger partial charge in [-0.3, -0.25) is 0 Å². The SMILES string of the molecule is Cc1cc2cc(CNC(=O)OCc3ccccc3)ccc2[nH]1. The molecule has 4 nitrogen and oxygen atoms in total. The fourth-order valence-electron chi connectivity index (χ4n) is 2.39. The molecule has 2 aromatic carbocycles. The van der Waals surface area contributed by atoms with Gasteiger partial charge in [0.1, 0.15) is 6.61 Å². The second kappa shape index (κ2) is 6.35. The van der Waals surface area contributed by atoms with Gasteiger partial charge in [-0.15, -0.1) is 0 Å². The molecule has 2 N–H and O–H groups in total. The first-order chi connectivity index (χ1) is 10.7. The van der Waals surface area contributed by atoms with Crippen LogP contribution in [0.25, 0.3) is 10.9 Å². The number of hydrogen-bond acceptors (Lipinski definition) is 2. The Morgan fingerprint density at radius 3 is 2.73 bits per heavy atom. The summed E-state index contributed by atoms with van der Waals surface area (Å²) >= 11 is 0. The molecule has 0 fully saturated rings. The zero-order chi connectivity index (χ0) is 15.4. The van der Waals surface area contributed by atoms with Crippen LogP contribution in [0.2, 0.25) is 0 Å². The highest BCUT2D eigenvalue weighted by Crippen LogP contribution is 2.16. The number of ether oxygens (including phenoxy) is 1. The highest BCUT2D eigenvalue weighted by atomic mass is 16.5. The van der Waals surface area contributed by atoms with Crippen molar-refractivity contribution in [1.29, 1.82) is 0 Å². The predicted molar refractivity (Wildman–Crippen MR) is 86.5 cm³/mol. The Kier molecular flexibility index (Phi) is 4.10. The lowest BCUT2D eigenvalue weighted by Crippen LogP contribution is -2.23. The van der Waals surface area contributed by atoms with Gasteiger partial charge in [-0.25, -0.2) is 4.79 Å². The van der Waals surface area contributed by atoms with E-state index in [-0.39, 0.29) is 6.61 Å². The molecule has 1 aromatic heterocycles. The molecule has 3 rings (SSSR count). The number of aromatic nitrogens is 1. The maximum Gasteiger partial charge on any atom is 0.407 e. The number of carbonyl (C=O) groups is 1. The molecule has 3 aromatic rings. The van der Waals surface area contributed by atoms with Gasteiger partial charge in [0.2, 0.25) is 0 Å². The minimum absolute atomic E-state index is 0.280. The van der Waals surface area contributed by atoms with Crippen molar-refractivity contribution < 1.29 is 9.53 Å². The standard InChI is InChI=1S/C18H18N2O2/c1-13-9-16-10-15(7-8-17(16)20-13)11-19-18(21)22-12-14-5-3-2-4-6-14/h2-10,20H,11-12H2,1H3,(H,19,21). The van der Waals surface area contributed by atoms with Crippen LogP contribution in [0.4, 0.5) is 4.79 Å². The number of hydrogen-bond donors (Lipinski definition) is 2. The van der Waals surface area contributed by atoms with Crippen LogP contribution >= 0.6 is 0 Å². The Balaban J connectivity index is 1.53. The lowest BCUT2D eigenvalue weighted by atomic mass is 10.1. The summed E-state index contributed by atoms with van der Waals surface area (Å²) in [5.74, 6) is 0. The number of amides is 1. The molecular formula is C18H18N2O2. The van der Waals surface area contributed by atoms with Crippen molar-refractivity contribution in [2.75, 3.05) is 0 Å². The molecule has 1 amide bonds. The molecule has 0 spiro atoms. The lowest BCUT2D eigenvalue weighted by molar-refractivity contribution is 0.139. The van der Waals surface area contributed by atoms with E-state index in [2.05, 4.69) is 22.4 Å². The number of aryl methyl sites for hydroxylation is 1. The first-order valence-corrected chi connectivity index (χ1v) is 7.23. The van der Waals surface area contributed by atoms with Crippen molar-refractivity contribution in [2.24, 2.45) is 0 Å². The van der Waals surface area contributed by atoms with Crippen molar-refractivity contribution in [3.63, 3.8) is 0 Å². The summed E-state index contributed by atoms with van der Waals surface area (Å²) in [4.78, 5) is 15.0. The summed E-state index contributed by atoms with van der Waals surface area (Å²) in [5.41, 5.74) is 4.25. The van der Waals surface area contributed by atoms with E-state index in [1.54, 1.807) is 0 Å². The summed E-state index contributed by atoms with van der Waals surface area (Å²) in [6.07, 6.45) is -0.408. The average Bonchev–Trinajstić information content (AvgIpc) is 2.91. The van der Waals surface area contributed by atoms with Crippen LogP contribution in [-0.2, 0) is 17.9 Å². The molecule has 0 saturated carbocycles. The van der Waals surface area contributed by atoms with Gasteiger partial charge in [0.05, 0.1) is 0 Å². The third-order valence-electron chi connectivity index (χ3n) is 3.47. The second-order valence-corrected chi connectivity index (χ2v) is 5.29. The number of fused-ring (bicyclic) bond motifs is 1. The topological polar surface area (TPSA) is 54.1 Å². The van der Waals surface area contributed by atoms with Crippen LogP contribution in [0.5, 0.6) is 0 Å². The summed E-state index contributed by atoms with van der Waals surface area (Å²) in [6, 6.07) is 17.8. The quantitative estimate of drug-likeness (QED) is 0.766. The fourth-order valence-corrected chi connectivity index (χ4v) is 2.39. The molecular weight excluding hydrogens is 276 g/mol. The number of rotatable bonds is 4. The number of aromatic amines is 1. The van der Waals surface area contributed by atoms with E-state index in [0.29, 0.717) is 6.54 Å². The maximum absolute atomic E-state index is 11.7. The monoisotopic (exact) mass is 294 g/mol. The molecule has 0 saturated heterocycles. The van der Waals surface area contributed by atoms with Crippen molar-refractivity contribution in [2.45, 2.75) is 20.1 Å². The van der Waals surface area contributed by atoms with Crippen molar-refractivity contribution >= 4 is 17.0 Å². The summed E-state index contributed by atoms with van der Waals surface area (Å²) in [7, 11) is 0. The molecule has 0 aliphatic heterocycles. The Hall–Kier alpha value is -2.75. The maximum atomic E-state index is 11.7. The zero-order valence-electron chi connectivity index (χ0n) is 12.4. The van der Waals surface area contributed by atoms with E-state index < -0.39 is 6.09 Å². The molecule has 0 unspecified atom stereocenters. The summed E-state index contributed by atoms with van der Waals surface area (Å²) in [6.45, 7) is 2.76. The van der Waals surface area contributed by atoms with Gasteiger partial charge >= 0.3 is 6.09 Å². The second-order valence-electron chi connectivity index (χ2n) is 5.29. The number of alkyl carbamates (subject to hydrolysis) is 1. The van der Waals surface area contributed by atoms with Crippen LogP contribution in [-0.4, -0.2) is 11.1 Å². The minimum Gasteiger partial charge on any atom is -0.445 e. The molecule has 4 heteroatoms. The van der Waals surface area contributed by atoms with Crippen molar-refractivity contribution in [3.05, 3.63) is 71.4 Å². The van der Waals surface area contributed by atoms with Gasteiger partial charge in [0.15, 0.2) is 0 Å². The molecule has 0 aliphatic carbocycles. The smallest absolute Gasteiger partial charge is 0.407 e. The third kappa shape index (κ3) is 3.47. The Morgan fingerprint density at radius 2 is 1.91 bits per heavy atom. The molecule has 112 valence electrons. The van der Waals surface area contributed by atoms with Gasteiger partial charge in [-0.1, -0.05) is 36.4 Å². The Morgan fingerprint density at radius 1 is 1.09 bits per heavy atom. The lowest BCUT2D eigenvalue weighted by Gasteiger charge is -2.07. The number of benzene rings is 2. The van der Waals surface area contributed by atoms with Crippen LogP contribution in [0.3, 0.4) is 0 Å². The van der Waals surface area contributed by atoms with Gasteiger partial charge in [0.25, 0.3) is 0 Å². The molecule has 0 radical (unpaired) electrons. The van der Waals surface area contributed by atoms with E-state index >= 15 is 0 Å². The third-order valence-corrected chi connectivity index (χ3v) is 3.47. The van der Waals surface area contributed by atoms with Crippen LogP contribution in [0, 0.1) is 6.92 Å². The van der Waals surface area contributed by atoms with Crippen LogP contribution < -0.4 is 5.32 Å². The van der Waals surface area contributed by atoms with Gasteiger partial charge < -0.3 is 15.0 Å². The fraction of sp³-hybridized carbons (Fsp3) is 0.167. The highest BCUT2D eigenvalue weighted by molar-refractivity contribution is 5.81. The van der Waals surface area contributed by atoms with Crippen molar-refractivity contribution in [1.82, 2.24) is 10.3 Å². The molecule has 22 heavy (non-hydrogen) atoms. The van der Waals surface area contributed by atoms with Gasteiger partial charge in [-0.2, -0.15) is 0 Å². The van der Waals surface area contributed by atoms with E-state index in [1.165, 1.54) is 0 Å². The van der Waals surface area contributed by atoms with E-state index in [4.69, 9.17) is 4.74 Å². The van der Waals surface area contributed by atoms with Gasteiger partial charge in [-0.05, 0) is 41.6 Å². The molecule has 1 heterocycles. The van der Waals surface area contributed by atoms with E-state index in [0.717, 1.165) is 27.7 Å². The highest BCUT2D eigenvalue weighted by Gasteiger charge is 2.04. The van der Waals surface area contributed by atoms with E-state index in [1.807, 2.05) is 49.4 Å². The zero-order valence-corrected chi connectivity index (χ0v) is 12.4. The number of nitrogens with one attached hydrogen (secondary N) is 2. The number of H-pyrrole nitrogens is 1. The summed E-state index contributed by atoms with van der Waals surface area (Å²) < 4.78 is 5.19. The van der Waals surface area contributed by atoms with Gasteiger partial charge in [0, 0.05) is 17.8 Å². The molecule has 0 aliphatic rings. The Bertz CT molecular complexity index is 778. The predicted octanol–water partition coefficient (Wildman–Crippen LogP) is 3.90. The average molecular weight is 294 g/mol. The largest absolute Gasteiger partial charge is 0.445 e. The Labute approximate surface area is 129 Å². The molecule has 0 atom stereocenters. The van der Waals surface area contributed by atoms with Crippen LogP contribution in [0.1, 0.15) is 16.8 Å². The normalized spacial score (nSPS) is 10.6. The van der Waals surface area contributed by atoms with Crippen molar-refractivity contribution in [3.8, 4) is 0 Å². The van der Waals surface area contributed by atoms with E-state index in [9.17, 15) is 4.79 Å².